The van der Waals surface area contributed by atoms with Crippen LogP contribution in [0.4, 0.5) is 4.39 Å². The lowest BCUT2D eigenvalue weighted by atomic mass is 10.1. The van der Waals surface area contributed by atoms with Gasteiger partial charge in [0, 0.05) is 19.2 Å². The molecule has 150 valence electrons. The molecule has 1 amide bonds. The molecule has 0 bridgehead atoms. The van der Waals surface area contributed by atoms with Gasteiger partial charge in [0.2, 0.25) is 0 Å². The Morgan fingerprint density at radius 1 is 1.17 bits per heavy atom. The zero-order valence-corrected chi connectivity index (χ0v) is 16.5. The van der Waals surface area contributed by atoms with Gasteiger partial charge in [0.25, 0.3) is 5.91 Å². The fourth-order valence-electron chi connectivity index (χ4n) is 2.87. The van der Waals surface area contributed by atoms with E-state index in [1.165, 1.54) is 24.0 Å². The quantitative estimate of drug-likeness (QED) is 0.646. The van der Waals surface area contributed by atoms with Crippen LogP contribution in [-0.2, 0) is 16.1 Å². The Bertz CT molecular complexity index is 1010. The minimum atomic E-state index is -0.993. The fourth-order valence-corrected chi connectivity index (χ4v) is 2.87. The molecule has 0 fully saturated rings. The summed E-state index contributed by atoms with van der Waals surface area (Å²) in [7, 11) is 1.57. The number of nitrogens with one attached hydrogen (secondary N) is 1. The van der Waals surface area contributed by atoms with Crippen molar-refractivity contribution < 1.29 is 18.7 Å². The van der Waals surface area contributed by atoms with Crippen LogP contribution in [0.15, 0.2) is 54.6 Å². The van der Waals surface area contributed by atoms with Crippen LogP contribution in [-0.4, -0.2) is 40.1 Å². The molecular formula is C22H22FN3O3. The highest BCUT2D eigenvalue weighted by Gasteiger charge is 2.23. The van der Waals surface area contributed by atoms with Crippen LogP contribution in [0.1, 0.15) is 28.5 Å². The van der Waals surface area contributed by atoms with Gasteiger partial charge < -0.3 is 9.64 Å². The number of aryl methyl sites for hydroxylation is 1. The van der Waals surface area contributed by atoms with Crippen LogP contribution in [0.2, 0.25) is 0 Å². The van der Waals surface area contributed by atoms with Crippen molar-refractivity contribution in [3.05, 3.63) is 77.2 Å². The summed E-state index contributed by atoms with van der Waals surface area (Å²) in [6, 6.07) is 15.3. The third kappa shape index (κ3) is 5.07. The smallest absolute Gasteiger partial charge is 0.357 e. The second-order valence-corrected chi connectivity index (χ2v) is 6.90. The summed E-state index contributed by atoms with van der Waals surface area (Å²) >= 11 is 0. The third-order valence-electron chi connectivity index (χ3n) is 4.46. The lowest BCUT2D eigenvalue weighted by molar-refractivity contribution is -0.139. The van der Waals surface area contributed by atoms with E-state index in [2.05, 4.69) is 10.2 Å². The van der Waals surface area contributed by atoms with Gasteiger partial charge in [-0.05, 0) is 37.6 Å². The zero-order valence-electron chi connectivity index (χ0n) is 16.5. The van der Waals surface area contributed by atoms with Gasteiger partial charge in [-0.1, -0.05) is 42.0 Å². The summed E-state index contributed by atoms with van der Waals surface area (Å²) in [6.07, 6.45) is -0.993. The number of likely N-dealkylation sites (N-methyl/N-ethyl adjacent to an activating group) is 1. The third-order valence-corrected chi connectivity index (χ3v) is 4.46. The van der Waals surface area contributed by atoms with Crippen molar-refractivity contribution in [3.63, 3.8) is 0 Å². The van der Waals surface area contributed by atoms with E-state index in [4.69, 9.17) is 4.74 Å². The summed E-state index contributed by atoms with van der Waals surface area (Å²) < 4.78 is 18.6. The Hall–Kier alpha value is -3.48. The largest absolute Gasteiger partial charge is 0.448 e. The molecule has 3 aromatic rings. The summed E-state index contributed by atoms with van der Waals surface area (Å²) in [5.74, 6) is -1.43. The number of amides is 1. The Morgan fingerprint density at radius 2 is 1.90 bits per heavy atom. The van der Waals surface area contributed by atoms with Crippen molar-refractivity contribution in [1.29, 1.82) is 0 Å². The highest BCUT2D eigenvalue weighted by molar-refractivity contribution is 5.91. The van der Waals surface area contributed by atoms with Gasteiger partial charge in [0.1, 0.15) is 11.5 Å². The number of halogens is 1. The first-order chi connectivity index (χ1) is 13.8. The van der Waals surface area contributed by atoms with Crippen molar-refractivity contribution in [2.24, 2.45) is 0 Å². The molecule has 1 heterocycles. The zero-order chi connectivity index (χ0) is 21.0. The number of hydrogen-bond acceptors (Lipinski definition) is 4. The molecule has 0 saturated carbocycles. The summed E-state index contributed by atoms with van der Waals surface area (Å²) in [4.78, 5) is 26.2. The van der Waals surface area contributed by atoms with Crippen molar-refractivity contribution in [2.45, 2.75) is 26.5 Å². The van der Waals surface area contributed by atoms with Gasteiger partial charge in [-0.3, -0.25) is 9.89 Å². The van der Waals surface area contributed by atoms with Gasteiger partial charge >= 0.3 is 5.97 Å². The second kappa shape index (κ2) is 8.68. The number of aromatic nitrogens is 2. The minimum Gasteiger partial charge on any atom is -0.448 e. The normalized spacial score (nSPS) is 11.7. The van der Waals surface area contributed by atoms with Gasteiger partial charge in [0.05, 0.1) is 5.69 Å². The number of carbonyl (C=O) groups excluding carboxylic acids is 2. The molecule has 29 heavy (non-hydrogen) atoms. The molecule has 0 aliphatic heterocycles. The Labute approximate surface area is 168 Å². The van der Waals surface area contributed by atoms with Crippen molar-refractivity contribution in [3.8, 4) is 11.3 Å². The van der Waals surface area contributed by atoms with Gasteiger partial charge in [0.15, 0.2) is 6.10 Å². The number of ether oxygens (including phenoxy) is 1. The lowest BCUT2D eigenvalue weighted by Crippen LogP contribution is -2.37. The highest BCUT2D eigenvalue weighted by atomic mass is 19.1. The SMILES string of the molecule is Cc1ccc(-c2cc(C(=O)O[C@@H](C)C(=O)N(C)Cc3cccc(F)c3)[nH]n2)cc1. The Balaban J connectivity index is 1.61. The Kier molecular flexibility index (Phi) is 6.07. The van der Waals surface area contributed by atoms with Crippen LogP contribution >= 0.6 is 0 Å². The number of aromatic amines is 1. The number of rotatable bonds is 6. The van der Waals surface area contributed by atoms with Crippen molar-refractivity contribution in [2.75, 3.05) is 7.05 Å². The number of hydrogen-bond donors (Lipinski definition) is 1. The van der Waals surface area contributed by atoms with E-state index >= 15 is 0 Å². The van der Waals surface area contributed by atoms with E-state index in [-0.39, 0.29) is 24.0 Å². The van der Waals surface area contributed by atoms with Gasteiger partial charge in [-0.25, -0.2) is 9.18 Å². The van der Waals surface area contributed by atoms with Crippen molar-refractivity contribution in [1.82, 2.24) is 15.1 Å². The number of benzene rings is 2. The van der Waals surface area contributed by atoms with E-state index in [1.807, 2.05) is 31.2 Å². The number of nitrogens with zero attached hydrogens (tertiary/aromatic N) is 2. The lowest BCUT2D eigenvalue weighted by Gasteiger charge is -2.21. The monoisotopic (exact) mass is 395 g/mol. The maximum atomic E-state index is 13.3. The molecule has 1 atom stereocenters. The summed E-state index contributed by atoms with van der Waals surface area (Å²) in [5.41, 5.74) is 3.41. The Morgan fingerprint density at radius 3 is 2.59 bits per heavy atom. The molecule has 0 spiro atoms. The van der Waals surface area contributed by atoms with Crippen LogP contribution < -0.4 is 0 Å². The molecule has 0 unspecified atom stereocenters. The molecule has 3 rings (SSSR count). The van der Waals surface area contributed by atoms with Crippen LogP contribution in [0.25, 0.3) is 11.3 Å². The molecule has 0 saturated heterocycles. The first kappa shape index (κ1) is 20.3. The van der Waals surface area contributed by atoms with E-state index in [9.17, 15) is 14.0 Å². The molecule has 0 aliphatic rings. The predicted molar refractivity (Wildman–Crippen MR) is 107 cm³/mol. The first-order valence-electron chi connectivity index (χ1n) is 9.16. The standard InChI is InChI=1S/C22H22FN3O3/c1-14-7-9-17(10-8-14)19-12-20(25-24-19)22(28)29-15(2)21(27)26(3)13-16-5-4-6-18(23)11-16/h4-12,15H,13H2,1-3H3,(H,24,25)/t15-/m0/s1. The van der Waals surface area contributed by atoms with Crippen LogP contribution in [0.3, 0.4) is 0 Å². The molecule has 7 heteroatoms. The number of carbonyl (C=O) groups is 2. The summed E-state index contributed by atoms with van der Waals surface area (Å²) in [5, 5.41) is 6.78. The number of H-pyrrole nitrogens is 1. The van der Waals surface area contributed by atoms with E-state index in [0.717, 1.165) is 11.1 Å². The van der Waals surface area contributed by atoms with E-state index in [0.29, 0.717) is 11.3 Å². The van der Waals surface area contributed by atoms with Crippen LogP contribution in [0, 0.1) is 12.7 Å². The fraction of sp³-hybridized carbons (Fsp3) is 0.227. The minimum absolute atomic E-state index is 0.160. The molecule has 0 radical (unpaired) electrons. The second-order valence-electron chi connectivity index (χ2n) is 6.90. The highest BCUT2D eigenvalue weighted by Crippen LogP contribution is 2.19. The van der Waals surface area contributed by atoms with E-state index in [1.54, 1.807) is 25.2 Å². The average molecular weight is 395 g/mol. The summed E-state index contributed by atoms with van der Waals surface area (Å²) in [6.45, 7) is 3.69. The molecule has 1 aromatic heterocycles. The topological polar surface area (TPSA) is 75.3 Å². The van der Waals surface area contributed by atoms with Crippen LogP contribution in [0.5, 0.6) is 0 Å². The average Bonchev–Trinajstić information content (AvgIpc) is 3.18. The van der Waals surface area contributed by atoms with Gasteiger partial charge in [-0.2, -0.15) is 5.10 Å². The maximum Gasteiger partial charge on any atom is 0.357 e. The van der Waals surface area contributed by atoms with Crippen molar-refractivity contribution >= 4 is 11.9 Å². The van der Waals surface area contributed by atoms with Gasteiger partial charge in [-0.15, -0.1) is 0 Å². The molecule has 2 aromatic carbocycles. The first-order valence-corrected chi connectivity index (χ1v) is 9.16. The molecule has 0 aliphatic carbocycles. The van der Waals surface area contributed by atoms with E-state index < -0.39 is 12.1 Å². The molecule has 6 nitrogen and oxygen atoms in total. The predicted octanol–water partition coefficient (Wildman–Crippen LogP) is 3.73. The molecular weight excluding hydrogens is 373 g/mol. The molecule has 1 N–H and O–H groups in total. The number of esters is 1. The maximum absolute atomic E-state index is 13.3.